The van der Waals surface area contributed by atoms with E-state index in [0.29, 0.717) is 17.9 Å². The summed E-state index contributed by atoms with van der Waals surface area (Å²) in [6, 6.07) is 5.16. The third-order valence-corrected chi connectivity index (χ3v) is 1.99. The number of aromatic amines is 1. The van der Waals surface area contributed by atoms with Crippen LogP contribution in [0.3, 0.4) is 0 Å². The van der Waals surface area contributed by atoms with E-state index in [2.05, 4.69) is 10.2 Å². The minimum atomic E-state index is 0.390. The number of hydrogen-bond acceptors (Lipinski definition) is 4. The van der Waals surface area contributed by atoms with E-state index in [1.54, 1.807) is 18.2 Å². The third-order valence-electron chi connectivity index (χ3n) is 1.99. The molecule has 1 aromatic carbocycles. The van der Waals surface area contributed by atoms with Crippen LogP contribution in [0.25, 0.3) is 10.9 Å². The number of H-pyrrole nitrogens is 1. The number of nitrogen functional groups attached to an aromatic ring is 1. The molecule has 0 aliphatic carbocycles. The Balaban J connectivity index is 2.59. The number of hydrazine groups is 1. The Morgan fingerprint density at radius 2 is 2.29 bits per heavy atom. The van der Waals surface area contributed by atoms with Crippen molar-refractivity contribution in [2.45, 2.75) is 0 Å². The number of rotatable bonds is 2. The van der Waals surface area contributed by atoms with Gasteiger partial charge in [-0.2, -0.15) is 5.10 Å². The van der Waals surface area contributed by atoms with Crippen LogP contribution in [0.4, 0.5) is 11.5 Å². The van der Waals surface area contributed by atoms with Crippen LogP contribution < -0.4 is 16.6 Å². The van der Waals surface area contributed by atoms with Gasteiger partial charge in [-0.05, 0) is 18.2 Å². The first kappa shape index (κ1) is 8.52. The summed E-state index contributed by atoms with van der Waals surface area (Å²) in [6.07, 6.45) is 0.525. The molecule has 72 valence electrons. The molecule has 0 fully saturated rings. The maximum Gasteiger partial charge on any atom is 0.228 e. The Morgan fingerprint density at radius 1 is 1.50 bits per heavy atom. The summed E-state index contributed by atoms with van der Waals surface area (Å²) in [4.78, 5) is 10.4. The second-order valence-corrected chi connectivity index (χ2v) is 2.85. The second-order valence-electron chi connectivity index (χ2n) is 2.85. The van der Waals surface area contributed by atoms with E-state index in [9.17, 15) is 4.79 Å². The number of nitrogens with one attached hydrogen (secondary N) is 1. The number of aromatic nitrogens is 2. The molecule has 14 heavy (non-hydrogen) atoms. The first-order valence-electron chi connectivity index (χ1n) is 3.95. The van der Waals surface area contributed by atoms with Gasteiger partial charge in [0.2, 0.25) is 6.41 Å². The number of carbonyl (C=O) groups is 1. The van der Waals surface area contributed by atoms with Gasteiger partial charge in [0.05, 0.1) is 11.2 Å². The molecule has 2 rings (SSSR count). The highest BCUT2D eigenvalue weighted by atomic mass is 16.1. The quantitative estimate of drug-likeness (QED) is 0.269. The molecule has 5 N–H and O–H groups in total. The number of amides is 1. The monoisotopic (exact) mass is 191 g/mol. The van der Waals surface area contributed by atoms with E-state index < -0.39 is 0 Å². The van der Waals surface area contributed by atoms with E-state index in [1.165, 1.54) is 0 Å². The lowest BCUT2D eigenvalue weighted by atomic mass is 10.2. The zero-order valence-electron chi connectivity index (χ0n) is 7.27. The molecule has 0 atom stereocenters. The zero-order valence-corrected chi connectivity index (χ0v) is 7.27. The summed E-state index contributed by atoms with van der Waals surface area (Å²) in [5.74, 6) is 5.79. The maximum absolute atomic E-state index is 10.4. The van der Waals surface area contributed by atoms with Crippen molar-refractivity contribution in [2.75, 3.05) is 10.7 Å². The molecule has 1 aromatic heterocycles. The smallest absolute Gasteiger partial charge is 0.228 e. The van der Waals surface area contributed by atoms with E-state index in [-0.39, 0.29) is 0 Å². The number of nitrogens with zero attached hydrogens (tertiary/aromatic N) is 2. The Bertz CT molecular complexity index is 478. The molecule has 0 saturated heterocycles. The fraction of sp³-hybridized carbons (Fsp3) is 0. The van der Waals surface area contributed by atoms with Crippen LogP contribution in [0, 0.1) is 0 Å². The Kier molecular flexibility index (Phi) is 1.83. The third kappa shape index (κ3) is 1.17. The lowest BCUT2D eigenvalue weighted by molar-refractivity contribution is -0.107. The van der Waals surface area contributed by atoms with Crippen LogP contribution in [0.5, 0.6) is 0 Å². The zero-order chi connectivity index (χ0) is 10.1. The van der Waals surface area contributed by atoms with Crippen LogP contribution >= 0.6 is 0 Å². The number of nitrogens with two attached hydrogens (primary N) is 2. The van der Waals surface area contributed by atoms with Crippen molar-refractivity contribution in [1.82, 2.24) is 10.2 Å². The molecule has 1 heterocycles. The summed E-state index contributed by atoms with van der Waals surface area (Å²) in [6.45, 7) is 0. The van der Waals surface area contributed by atoms with Crippen LogP contribution in [-0.2, 0) is 4.79 Å². The van der Waals surface area contributed by atoms with Crippen LogP contribution in [-0.4, -0.2) is 16.6 Å². The van der Waals surface area contributed by atoms with Gasteiger partial charge in [0, 0.05) is 5.39 Å². The molecular formula is C8H9N5O. The predicted octanol–water partition coefficient (Wildman–Crippen LogP) is -0.0184. The first-order valence-corrected chi connectivity index (χ1v) is 3.95. The van der Waals surface area contributed by atoms with Crippen molar-refractivity contribution in [1.29, 1.82) is 0 Å². The minimum Gasteiger partial charge on any atom is -0.382 e. The van der Waals surface area contributed by atoms with Crippen molar-refractivity contribution in [3.05, 3.63) is 18.2 Å². The van der Waals surface area contributed by atoms with Gasteiger partial charge in [0.15, 0.2) is 5.82 Å². The van der Waals surface area contributed by atoms with Crippen molar-refractivity contribution >= 4 is 28.8 Å². The van der Waals surface area contributed by atoms with E-state index in [1.807, 2.05) is 0 Å². The average Bonchev–Trinajstić information content (AvgIpc) is 2.59. The predicted molar refractivity (Wildman–Crippen MR) is 53.2 cm³/mol. The minimum absolute atomic E-state index is 0.390. The van der Waals surface area contributed by atoms with Crippen molar-refractivity contribution in [2.24, 2.45) is 5.84 Å². The molecule has 0 aliphatic rings. The van der Waals surface area contributed by atoms with Crippen molar-refractivity contribution in [3.8, 4) is 0 Å². The maximum atomic E-state index is 10.4. The molecule has 1 amide bonds. The van der Waals surface area contributed by atoms with E-state index in [4.69, 9.17) is 11.6 Å². The molecule has 6 heteroatoms. The highest BCUT2D eigenvalue weighted by Gasteiger charge is 2.05. The number of anilines is 2. The van der Waals surface area contributed by atoms with Gasteiger partial charge in [0.1, 0.15) is 0 Å². The van der Waals surface area contributed by atoms with Gasteiger partial charge in [-0.25, -0.2) is 5.84 Å². The molecule has 0 saturated carbocycles. The normalized spacial score (nSPS) is 10.4. The summed E-state index contributed by atoms with van der Waals surface area (Å²) in [7, 11) is 0. The van der Waals surface area contributed by atoms with Gasteiger partial charge in [-0.3, -0.25) is 14.9 Å². The van der Waals surface area contributed by atoms with E-state index in [0.717, 1.165) is 15.9 Å². The summed E-state index contributed by atoms with van der Waals surface area (Å²) >= 11 is 0. The molecule has 0 bridgehead atoms. The van der Waals surface area contributed by atoms with Gasteiger partial charge in [-0.15, -0.1) is 0 Å². The summed E-state index contributed by atoms with van der Waals surface area (Å²) in [5.41, 5.74) is 6.98. The molecule has 0 spiro atoms. The molecular weight excluding hydrogens is 182 g/mol. The lowest BCUT2D eigenvalue weighted by Gasteiger charge is -2.09. The summed E-state index contributed by atoms with van der Waals surface area (Å²) < 4.78 is 0. The Hall–Kier alpha value is -2.08. The number of fused-ring (bicyclic) bond motifs is 1. The van der Waals surface area contributed by atoms with Gasteiger partial charge < -0.3 is 5.73 Å². The number of carbonyl (C=O) groups excluding carboxylic acids is 1. The van der Waals surface area contributed by atoms with Crippen LogP contribution in [0.15, 0.2) is 18.2 Å². The number of benzene rings is 1. The van der Waals surface area contributed by atoms with Crippen LogP contribution in [0.2, 0.25) is 0 Å². The molecule has 2 aromatic rings. The van der Waals surface area contributed by atoms with Crippen molar-refractivity contribution in [3.63, 3.8) is 0 Å². The van der Waals surface area contributed by atoms with Crippen LogP contribution in [0.1, 0.15) is 0 Å². The second kappa shape index (κ2) is 3.00. The lowest BCUT2D eigenvalue weighted by Crippen LogP contribution is -2.28. The Labute approximate surface area is 79.4 Å². The average molecular weight is 191 g/mol. The largest absolute Gasteiger partial charge is 0.382 e. The first-order chi connectivity index (χ1) is 6.72. The van der Waals surface area contributed by atoms with Gasteiger partial charge in [0.25, 0.3) is 0 Å². The highest BCUT2D eigenvalue weighted by molar-refractivity contribution is 5.92. The van der Waals surface area contributed by atoms with Gasteiger partial charge >= 0.3 is 0 Å². The summed E-state index contributed by atoms with van der Waals surface area (Å²) in [5, 5.41) is 8.30. The molecule has 0 radical (unpaired) electrons. The van der Waals surface area contributed by atoms with E-state index >= 15 is 0 Å². The molecule has 6 nitrogen and oxygen atoms in total. The highest BCUT2D eigenvalue weighted by Crippen LogP contribution is 2.22. The Morgan fingerprint density at radius 3 is 3.00 bits per heavy atom. The standard InChI is InChI=1S/C8H9N5O/c9-8-6-3-5(13(10)4-14)1-2-7(6)11-12-8/h1-4H,10H2,(H3,9,11,12). The van der Waals surface area contributed by atoms with Gasteiger partial charge in [-0.1, -0.05) is 0 Å². The number of hydrogen-bond donors (Lipinski definition) is 3. The molecule has 0 unspecified atom stereocenters. The molecule has 0 aliphatic heterocycles. The fourth-order valence-electron chi connectivity index (χ4n) is 1.24. The SMILES string of the molecule is Nc1n[nH]c2ccc(N(N)C=O)cc12. The van der Waals surface area contributed by atoms with Crippen molar-refractivity contribution < 1.29 is 4.79 Å². The fourth-order valence-corrected chi connectivity index (χ4v) is 1.24. The topological polar surface area (TPSA) is 101 Å².